The first-order valence-electron chi connectivity index (χ1n) is 15.3. The van der Waals surface area contributed by atoms with Crippen molar-refractivity contribution < 1.29 is 18.9 Å². The summed E-state index contributed by atoms with van der Waals surface area (Å²) in [6.07, 6.45) is 6.42. The zero-order chi connectivity index (χ0) is 35.9. The molecule has 260 valence electrons. The van der Waals surface area contributed by atoms with E-state index in [1.165, 1.54) is 12.4 Å². The molecular weight excluding hydrogens is 644 g/mol. The number of aromatic nitrogens is 10. The third-order valence-corrected chi connectivity index (χ3v) is 7.27. The van der Waals surface area contributed by atoms with Gasteiger partial charge < -0.3 is 41.9 Å². The minimum absolute atomic E-state index is 0.0798. The van der Waals surface area contributed by atoms with Crippen LogP contribution in [0.2, 0.25) is 0 Å². The van der Waals surface area contributed by atoms with Gasteiger partial charge >= 0.3 is 0 Å². The SMILES string of the molecule is COc1cc(C(C)C)c(Oc2cnc(N)nc2N)cc1-c1nn[nH]n1.COc1cc(C(C)C)c(Oc2cnc(N)nc2N)cc1-n1cccn1. The molecule has 0 saturated carbocycles. The highest BCUT2D eigenvalue weighted by molar-refractivity contribution is 5.68. The van der Waals surface area contributed by atoms with Crippen LogP contribution in [-0.2, 0) is 0 Å². The largest absolute Gasteiger partial charge is 0.496 e. The molecule has 4 aromatic heterocycles. The molecule has 0 aliphatic carbocycles. The van der Waals surface area contributed by atoms with Crippen LogP contribution < -0.4 is 41.9 Å². The zero-order valence-corrected chi connectivity index (χ0v) is 28.3. The van der Waals surface area contributed by atoms with Crippen LogP contribution in [0, 0.1) is 0 Å². The number of rotatable bonds is 10. The number of benzene rings is 2. The lowest BCUT2D eigenvalue weighted by atomic mass is 9.99. The highest BCUT2D eigenvalue weighted by Crippen LogP contribution is 2.41. The third kappa shape index (κ3) is 7.70. The Balaban J connectivity index is 0.000000194. The number of nitrogens with one attached hydrogen (secondary N) is 1. The molecule has 18 nitrogen and oxygen atoms in total. The molecule has 0 amide bonds. The highest BCUT2D eigenvalue weighted by atomic mass is 16.5. The minimum Gasteiger partial charge on any atom is -0.496 e. The third-order valence-electron chi connectivity index (χ3n) is 7.27. The molecule has 0 unspecified atom stereocenters. The van der Waals surface area contributed by atoms with Gasteiger partial charge in [-0.25, -0.2) is 14.6 Å². The monoisotopic (exact) mass is 682 g/mol. The lowest BCUT2D eigenvalue weighted by Gasteiger charge is -2.18. The average Bonchev–Trinajstić information content (AvgIpc) is 3.83. The standard InChI is InChI=1S/C17H20N6O2.C15H18N8O2/c1-10(2)11-7-14(24-3)12(23-6-4-5-21-23)8-13(11)25-15-9-20-17(19)22-16(15)18;1-7(2)8-4-10(24-3)9(14-20-22-23-21-14)5-11(8)25-12-6-18-15(17)19-13(12)16/h4-10H,1-3H3,(H4,18,19,20,22);4-7H,1-3H3,(H4,16,17,18,19)(H,20,21,22,23). The van der Waals surface area contributed by atoms with E-state index in [9.17, 15) is 0 Å². The van der Waals surface area contributed by atoms with Crippen molar-refractivity contribution in [2.45, 2.75) is 39.5 Å². The maximum atomic E-state index is 5.99. The summed E-state index contributed by atoms with van der Waals surface area (Å²) in [5, 5.41) is 18.3. The minimum atomic E-state index is 0.0798. The van der Waals surface area contributed by atoms with Crippen molar-refractivity contribution in [2.24, 2.45) is 0 Å². The van der Waals surface area contributed by atoms with Gasteiger partial charge in [-0.15, -0.1) is 10.2 Å². The second-order valence-electron chi connectivity index (χ2n) is 11.3. The van der Waals surface area contributed by atoms with Crippen molar-refractivity contribution in [3.8, 4) is 51.6 Å². The fourth-order valence-corrected chi connectivity index (χ4v) is 4.78. The first-order valence-corrected chi connectivity index (χ1v) is 15.3. The summed E-state index contributed by atoms with van der Waals surface area (Å²) in [7, 11) is 3.20. The van der Waals surface area contributed by atoms with Crippen molar-refractivity contribution in [2.75, 3.05) is 37.2 Å². The Morgan fingerprint density at radius 3 is 1.72 bits per heavy atom. The van der Waals surface area contributed by atoms with Gasteiger partial charge in [0.2, 0.25) is 17.7 Å². The Morgan fingerprint density at radius 1 is 0.700 bits per heavy atom. The fraction of sp³-hybridized carbons (Fsp3) is 0.250. The molecule has 50 heavy (non-hydrogen) atoms. The molecule has 0 saturated heterocycles. The van der Waals surface area contributed by atoms with E-state index in [0.29, 0.717) is 45.9 Å². The Labute approximate surface area is 287 Å². The Kier molecular flexibility index (Phi) is 10.4. The lowest BCUT2D eigenvalue weighted by Crippen LogP contribution is -2.05. The molecular formula is C32H38N14O4. The Morgan fingerprint density at radius 2 is 1.26 bits per heavy atom. The molecule has 6 aromatic rings. The number of H-pyrrole nitrogens is 1. The number of ether oxygens (including phenoxy) is 4. The van der Waals surface area contributed by atoms with Crippen molar-refractivity contribution in [1.82, 2.24) is 50.3 Å². The summed E-state index contributed by atoms with van der Waals surface area (Å²) >= 11 is 0. The van der Waals surface area contributed by atoms with Crippen LogP contribution in [0.1, 0.15) is 50.7 Å². The van der Waals surface area contributed by atoms with E-state index in [0.717, 1.165) is 16.8 Å². The number of nitrogen functional groups attached to an aromatic ring is 4. The van der Waals surface area contributed by atoms with Gasteiger partial charge in [-0.1, -0.05) is 27.7 Å². The average molecular weight is 683 g/mol. The molecule has 0 bridgehead atoms. The van der Waals surface area contributed by atoms with Crippen LogP contribution in [0.4, 0.5) is 23.5 Å². The second kappa shape index (κ2) is 15.0. The van der Waals surface area contributed by atoms with E-state index in [1.54, 1.807) is 31.2 Å². The van der Waals surface area contributed by atoms with Gasteiger partial charge in [-0.3, -0.25) is 0 Å². The van der Waals surface area contributed by atoms with Crippen molar-refractivity contribution in [1.29, 1.82) is 0 Å². The predicted molar refractivity (Wildman–Crippen MR) is 186 cm³/mol. The van der Waals surface area contributed by atoms with E-state index < -0.39 is 0 Å². The number of anilines is 4. The Bertz CT molecular complexity index is 1900. The normalized spacial score (nSPS) is 10.9. The van der Waals surface area contributed by atoms with Gasteiger partial charge in [0.15, 0.2) is 23.1 Å². The topological polar surface area (TPSA) is 265 Å². The van der Waals surface area contributed by atoms with Gasteiger partial charge in [0.05, 0.1) is 32.2 Å². The van der Waals surface area contributed by atoms with Gasteiger partial charge in [0.25, 0.3) is 0 Å². The van der Waals surface area contributed by atoms with Crippen molar-refractivity contribution >= 4 is 23.5 Å². The summed E-state index contributed by atoms with van der Waals surface area (Å²) in [6, 6.07) is 9.28. The molecule has 0 aliphatic rings. The quantitative estimate of drug-likeness (QED) is 0.133. The van der Waals surface area contributed by atoms with Gasteiger partial charge in [0.1, 0.15) is 28.7 Å². The van der Waals surface area contributed by atoms with E-state index in [2.05, 4.69) is 59.5 Å². The molecule has 0 atom stereocenters. The summed E-state index contributed by atoms with van der Waals surface area (Å²) in [4.78, 5) is 15.7. The number of tetrazole rings is 1. The predicted octanol–water partition coefficient (Wildman–Crippen LogP) is 4.50. The highest BCUT2D eigenvalue weighted by Gasteiger charge is 2.20. The van der Waals surface area contributed by atoms with Crippen LogP contribution >= 0.6 is 0 Å². The fourth-order valence-electron chi connectivity index (χ4n) is 4.78. The van der Waals surface area contributed by atoms with Crippen LogP contribution in [0.3, 0.4) is 0 Å². The summed E-state index contributed by atoms with van der Waals surface area (Å²) < 4.78 is 24.6. The summed E-state index contributed by atoms with van der Waals surface area (Å²) in [5.41, 5.74) is 26.1. The van der Waals surface area contributed by atoms with E-state index in [-0.39, 0.29) is 35.4 Å². The van der Waals surface area contributed by atoms with Crippen molar-refractivity contribution in [3.05, 3.63) is 66.2 Å². The molecule has 4 heterocycles. The molecule has 9 N–H and O–H groups in total. The Hall–Kier alpha value is -6.72. The molecule has 0 spiro atoms. The molecule has 18 heteroatoms. The van der Waals surface area contributed by atoms with Gasteiger partial charge in [-0.05, 0) is 41.3 Å². The molecule has 0 fully saturated rings. The first kappa shape index (κ1) is 34.6. The zero-order valence-electron chi connectivity index (χ0n) is 28.3. The van der Waals surface area contributed by atoms with E-state index in [1.807, 2.05) is 44.3 Å². The number of hydrogen-bond donors (Lipinski definition) is 5. The summed E-state index contributed by atoms with van der Waals surface area (Å²) in [6.45, 7) is 8.22. The van der Waals surface area contributed by atoms with E-state index in [4.69, 9.17) is 41.9 Å². The summed E-state index contributed by atoms with van der Waals surface area (Å²) in [5.74, 6) is 4.41. The van der Waals surface area contributed by atoms with Crippen LogP contribution in [0.15, 0.2) is 55.1 Å². The number of methoxy groups -OCH3 is 2. The van der Waals surface area contributed by atoms with E-state index >= 15 is 0 Å². The lowest BCUT2D eigenvalue weighted by molar-refractivity contribution is 0.407. The van der Waals surface area contributed by atoms with Crippen molar-refractivity contribution in [3.63, 3.8) is 0 Å². The molecule has 6 rings (SSSR count). The number of nitrogens with two attached hydrogens (primary N) is 4. The maximum absolute atomic E-state index is 5.99. The van der Waals surface area contributed by atoms with Crippen LogP contribution in [0.5, 0.6) is 34.5 Å². The molecule has 2 aromatic carbocycles. The maximum Gasteiger partial charge on any atom is 0.222 e. The smallest absolute Gasteiger partial charge is 0.222 e. The molecule has 0 aliphatic heterocycles. The van der Waals surface area contributed by atoms with Crippen LogP contribution in [-0.4, -0.2) is 64.6 Å². The number of aromatic amines is 1. The number of nitrogens with zero attached hydrogens (tertiary/aromatic N) is 9. The first-order chi connectivity index (χ1) is 24.0. The van der Waals surface area contributed by atoms with Crippen LogP contribution in [0.25, 0.3) is 17.1 Å². The van der Waals surface area contributed by atoms with Gasteiger partial charge in [-0.2, -0.15) is 20.3 Å². The molecule has 0 radical (unpaired) electrons. The number of hydrogen-bond acceptors (Lipinski definition) is 16. The second-order valence-corrected chi connectivity index (χ2v) is 11.3. The van der Waals surface area contributed by atoms with Gasteiger partial charge in [0, 0.05) is 29.6 Å².